The fourth-order valence-electron chi connectivity index (χ4n) is 2.93. The highest BCUT2D eigenvalue weighted by Crippen LogP contribution is 2.32. The third kappa shape index (κ3) is 2.84. The van der Waals surface area contributed by atoms with E-state index in [1.54, 1.807) is 0 Å². The van der Waals surface area contributed by atoms with Crippen LogP contribution in [0.2, 0.25) is 5.02 Å². The van der Waals surface area contributed by atoms with Crippen molar-refractivity contribution in [1.29, 1.82) is 0 Å². The highest BCUT2D eigenvalue weighted by molar-refractivity contribution is 6.30. The van der Waals surface area contributed by atoms with Crippen molar-refractivity contribution in [3.05, 3.63) is 34.9 Å². The number of hydrogen-bond donors (Lipinski definition) is 1. The Morgan fingerprint density at radius 1 is 1.40 bits per heavy atom. The van der Waals surface area contributed by atoms with Gasteiger partial charge in [0.25, 0.3) is 0 Å². The first-order valence-electron chi connectivity index (χ1n) is 7.39. The van der Waals surface area contributed by atoms with Crippen LogP contribution in [0.15, 0.2) is 24.3 Å². The predicted molar refractivity (Wildman–Crippen MR) is 80.7 cm³/mol. The van der Waals surface area contributed by atoms with Crippen LogP contribution in [-0.4, -0.2) is 28.9 Å². The van der Waals surface area contributed by atoms with Crippen molar-refractivity contribution in [2.75, 3.05) is 6.54 Å². The Hall–Kier alpha value is -1.06. The molecule has 1 unspecified atom stereocenters. The third-order valence-corrected chi connectivity index (χ3v) is 4.61. The molecule has 0 radical (unpaired) electrons. The van der Waals surface area contributed by atoms with Crippen molar-refractivity contribution >= 4 is 17.5 Å². The molecule has 1 saturated carbocycles. The van der Waals surface area contributed by atoms with Crippen LogP contribution in [-0.2, 0) is 11.3 Å². The highest BCUT2D eigenvalue weighted by atomic mass is 35.5. The standard InChI is InChI=1S/C16H21ClN2O/c1-16(9-2-10-18-16)15(20)19(14-7-8-14)11-12-3-5-13(17)6-4-12/h3-6,14,18H,2,7-11H2,1H3. The van der Waals surface area contributed by atoms with Gasteiger partial charge in [-0.15, -0.1) is 0 Å². The smallest absolute Gasteiger partial charge is 0.243 e. The molecular formula is C16H21ClN2O. The van der Waals surface area contributed by atoms with Crippen LogP contribution in [0, 0.1) is 0 Å². The Morgan fingerprint density at radius 2 is 2.10 bits per heavy atom. The maximum absolute atomic E-state index is 12.9. The largest absolute Gasteiger partial charge is 0.334 e. The van der Waals surface area contributed by atoms with E-state index >= 15 is 0 Å². The van der Waals surface area contributed by atoms with Gasteiger partial charge in [-0.2, -0.15) is 0 Å². The van der Waals surface area contributed by atoms with Gasteiger partial charge >= 0.3 is 0 Å². The predicted octanol–water partition coefficient (Wildman–Crippen LogP) is 2.97. The van der Waals surface area contributed by atoms with E-state index in [9.17, 15) is 4.79 Å². The lowest BCUT2D eigenvalue weighted by atomic mass is 9.98. The summed E-state index contributed by atoms with van der Waals surface area (Å²) < 4.78 is 0. The van der Waals surface area contributed by atoms with Crippen molar-refractivity contribution < 1.29 is 4.79 Å². The number of nitrogens with zero attached hydrogens (tertiary/aromatic N) is 1. The number of halogens is 1. The minimum absolute atomic E-state index is 0.257. The van der Waals surface area contributed by atoms with Crippen LogP contribution >= 0.6 is 11.6 Å². The van der Waals surface area contributed by atoms with Gasteiger partial charge < -0.3 is 10.2 Å². The number of carbonyl (C=O) groups is 1. The average Bonchev–Trinajstić information content (AvgIpc) is 3.19. The number of hydrogen-bond acceptors (Lipinski definition) is 2. The van der Waals surface area contributed by atoms with E-state index in [0.29, 0.717) is 12.6 Å². The molecule has 0 spiro atoms. The van der Waals surface area contributed by atoms with Gasteiger partial charge in [0, 0.05) is 17.6 Å². The van der Waals surface area contributed by atoms with E-state index in [4.69, 9.17) is 11.6 Å². The van der Waals surface area contributed by atoms with Crippen molar-refractivity contribution in [3.63, 3.8) is 0 Å². The van der Waals surface area contributed by atoms with Gasteiger partial charge in [0.15, 0.2) is 0 Å². The van der Waals surface area contributed by atoms with E-state index in [1.165, 1.54) is 0 Å². The van der Waals surface area contributed by atoms with Crippen LogP contribution in [0.5, 0.6) is 0 Å². The molecule has 1 aliphatic carbocycles. The van der Waals surface area contributed by atoms with Gasteiger partial charge in [-0.3, -0.25) is 4.79 Å². The molecule has 2 fully saturated rings. The molecule has 1 aliphatic heterocycles. The molecule has 20 heavy (non-hydrogen) atoms. The number of nitrogens with one attached hydrogen (secondary N) is 1. The summed E-state index contributed by atoms with van der Waals surface area (Å²) in [5.41, 5.74) is 0.783. The summed E-state index contributed by atoms with van der Waals surface area (Å²) in [6.07, 6.45) is 4.29. The topological polar surface area (TPSA) is 32.3 Å². The first-order chi connectivity index (χ1) is 9.58. The molecule has 1 saturated heterocycles. The zero-order chi connectivity index (χ0) is 14.2. The average molecular weight is 293 g/mol. The number of rotatable bonds is 4. The van der Waals surface area contributed by atoms with Gasteiger partial charge in [0.05, 0.1) is 5.54 Å². The molecule has 0 bridgehead atoms. The van der Waals surface area contributed by atoms with Gasteiger partial charge in [0.2, 0.25) is 5.91 Å². The SMILES string of the molecule is CC1(C(=O)N(Cc2ccc(Cl)cc2)C2CC2)CCCN1. The number of carbonyl (C=O) groups excluding carboxylic acids is 1. The highest BCUT2D eigenvalue weighted by Gasteiger charge is 2.43. The zero-order valence-corrected chi connectivity index (χ0v) is 12.6. The van der Waals surface area contributed by atoms with Crippen molar-refractivity contribution in [1.82, 2.24) is 10.2 Å². The molecule has 4 heteroatoms. The van der Waals surface area contributed by atoms with Crippen LogP contribution in [0.4, 0.5) is 0 Å². The summed E-state index contributed by atoms with van der Waals surface area (Å²) in [7, 11) is 0. The van der Waals surface area contributed by atoms with E-state index < -0.39 is 0 Å². The van der Waals surface area contributed by atoms with E-state index in [-0.39, 0.29) is 11.4 Å². The van der Waals surface area contributed by atoms with Gasteiger partial charge in [-0.05, 0) is 56.8 Å². The first-order valence-corrected chi connectivity index (χ1v) is 7.77. The Kier molecular flexibility index (Phi) is 3.74. The minimum atomic E-state index is -0.366. The Labute approximate surface area is 125 Å². The van der Waals surface area contributed by atoms with Crippen LogP contribution in [0.1, 0.15) is 38.2 Å². The van der Waals surface area contributed by atoms with E-state index in [0.717, 1.165) is 42.8 Å². The Morgan fingerprint density at radius 3 is 2.65 bits per heavy atom. The molecule has 1 heterocycles. The summed E-state index contributed by atoms with van der Waals surface area (Å²) in [5, 5.41) is 4.12. The van der Waals surface area contributed by atoms with Crippen molar-refractivity contribution in [3.8, 4) is 0 Å². The zero-order valence-electron chi connectivity index (χ0n) is 11.9. The third-order valence-electron chi connectivity index (χ3n) is 4.36. The summed E-state index contributed by atoms with van der Waals surface area (Å²) in [6, 6.07) is 8.23. The van der Waals surface area contributed by atoms with Crippen LogP contribution in [0.3, 0.4) is 0 Å². The fourth-order valence-corrected chi connectivity index (χ4v) is 3.06. The molecule has 1 amide bonds. The molecule has 1 aromatic rings. The summed E-state index contributed by atoms with van der Waals surface area (Å²) >= 11 is 5.92. The quantitative estimate of drug-likeness (QED) is 0.925. The van der Waals surface area contributed by atoms with Gasteiger partial charge in [0.1, 0.15) is 0 Å². The lowest BCUT2D eigenvalue weighted by Gasteiger charge is -2.32. The van der Waals surface area contributed by atoms with E-state index in [2.05, 4.69) is 10.2 Å². The molecule has 3 rings (SSSR count). The van der Waals surface area contributed by atoms with E-state index in [1.807, 2.05) is 31.2 Å². The molecule has 2 aliphatic rings. The summed E-state index contributed by atoms with van der Waals surface area (Å²) in [5.74, 6) is 0.257. The maximum atomic E-state index is 12.9. The molecule has 0 aromatic heterocycles. The van der Waals surface area contributed by atoms with Crippen molar-refractivity contribution in [2.24, 2.45) is 0 Å². The summed E-state index contributed by atoms with van der Waals surface area (Å²) in [4.78, 5) is 14.9. The lowest BCUT2D eigenvalue weighted by molar-refractivity contribution is -0.138. The van der Waals surface area contributed by atoms with Gasteiger partial charge in [-0.25, -0.2) is 0 Å². The maximum Gasteiger partial charge on any atom is 0.243 e. The molecule has 108 valence electrons. The van der Waals surface area contributed by atoms with Crippen LogP contribution in [0.25, 0.3) is 0 Å². The second-order valence-corrected chi connectivity index (χ2v) is 6.59. The molecule has 3 nitrogen and oxygen atoms in total. The normalized spacial score (nSPS) is 25.7. The molecule has 1 aromatic carbocycles. The molecular weight excluding hydrogens is 272 g/mol. The van der Waals surface area contributed by atoms with Gasteiger partial charge in [-0.1, -0.05) is 23.7 Å². The number of benzene rings is 1. The lowest BCUT2D eigenvalue weighted by Crippen LogP contribution is -2.53. The Balaban J connectivity index is 1.75. The van der Waals surface area contributed by atoms with Crippen LogP contribution < -0.4 is 5.32 Å². The van der Waals surface area contributed by atoms with Crippen molar-refractivity contribution in [2.45, 2.75) is 50.7 Å². The Bertz CT molecular complexity index is 490. The summed E-state index contributed by atoms with van der Waals surface area (Å²) in [6.45, 7) is 3.68. The second-order valence-electron chi connectivity index (χ2n) is 6.15. The second kappa shape index (κ2) is 5.38. The molecule has 1 atom stereocenters. The first kappa shape index (κ1) is 13.9. The number of amides is 1. The fraction of sp³-hybridized carbons (Fsp3) is 0.562. The monoisotopic (exact) mass is 292 g/mol. The minimum Gasteiger partial charge on any atom is -0.334 e. The molecule has 1 N–H and O–H groups in total.